The molecule has 0 atom stereocenters. The van der Waals surface area contributed by atoms with Crippen molar-refractivity contribution < 1.29 is 0 Å². The van der Waals surface area contributed by atoms with Gasteiger partial charge in [-0.05, 0) is 28.1 Å². The van der Waals surface area contributed by atoms with Gasteiger partial charge in [-0.25, -0.2) is 0 Å². The summed E-state index contributed by atoms with van der Waals surface area (Å²) in [5.41, 5.74) is 7.17. The van der Waals surface area contributed by atoms with Crippen molar-refractivity contribution in [3.05, 3.63) is 22.4 Å². The van der Waals surface area contributed by atoms with Crippen LogP contribution in [-0.4, -0.2) is 8.07 Å². The lowest BCUT2D eigenvalue weighted by atomic mass is 10.3. The number of rotatable bonds is 3. The minimum absolute atomic E-state index is 0.701. The van der Waals surface area contributed by atoms with Gasteiger partial charge in [0.25, 0.3) is 0 Å². The largest absolute Gasteiger partial charge is 0.146 e. The average molecular weight is 321 g/mol. The zero-order chi connectivity index (χ0) is 14.9. The SMILES string of the molecule is CC(C)[Si](C#Cc1csc2ccsc12)(C(C)C)C(C)C. The van der Waals surface area contributed by atoms with E-state index >= 15 is 0 Å². The number of fused-ring (bicyclic) bond motifs is 1. The van der Waals surface area contributed by atoms with E-state index in [-0.39, 0.29) is 0 Å². The first kappa shape index (κ1) is 15.8. The fraction of sp³-hybridized carbons (Fsp3) is 0.529. The Labute approximate surface area is 132 Å². The summed E-state index contributed by atoms with van der Waals surface area (Å²) in [5.74, 6) is 3.57. The fourth-order valence-electron chi connectivity index (χ4n) is 3.46. The van der Waals surface area contributed by atoms with Crippen molar-refractivity contribution in [2.75, 3.05) is 0 Å². The Hall–Kier alpha value is -0.563. The Balaban J connectivity index is 2.49. The zero-order valence-corrected chi connectivity index (χ0v) is 15.9. The van der Waals surface area contributed by atoms with E-state index in [2.05, 4.69) is 69.8 Å². The third kappa shape index (κ3) is 2.62. The van der Waals surface area contributed by atoms with Crippen LogP contribution in [0.1, 0.15) is 47.1 Å². The maximum atomic E-state index is 3.82. The maximum absolute atomic E-state index is 3.82. The van der Waals surface area contributed by atoms with Gasteiger partial charge in [-0.3, -0.25) is 0 Å². The number of hydrogen-bond acceptors (Lipinski definition) is 2. The second-order valence-electron chi connectivity index (χ2n) is 6.41. The van der Waals surface area contributed by atoms with Gasteiger partial charge in [0.2, 0.25) is 0 Å². The van der Waals surface area contributed by atoms with Crippen molar-refractivity contribution in [3.63, 3.8) is 0 Å². The highest BCUT2D eigenvalue weighted by Gasteiger charge is 2.41. The molecule has 0 saturated carbocycles. The molecular weight excluding hydrogens is 296 g/mol. The molecule has 0 aliphatic heterocycles. The minimum atomic E-state index is -1.60. The van der Waals surface area contributed by atoms with Gasteiger partial charge >= 0.3 is 0 Å². The number of thiophene rings is 2. The van der Waals surface area contributed by atoms with E-state index in [1.807, 2.05) is 22.7 Å². The van der Waals surface area contributed by atoms with E-state index in [1.54, 1.807) is 0 Å². The van der Waals surface area contributed by atoms with Crippen LogP contribution in [0.5, 0.6) is 0 Å². The van der Waals surface area contributed by atoms with Crippen molar-refractivity contribution in [3.8, 4) is 11.5 Å². The molecule has 2 rings (SSSR count). The van der Waals surface area contributed by atoms with E-state index in [0.717, 1.165) is 0 Å². The third-order valence-electron chi connectivity index (χ3n) is 4.46. The molecule has 0 aromatic carbocycles. The molecule has 20 heavy (non-hydrogen) atoms. The van der Waals surface area contributed by atoms with Crippen LogP contribution < -0.4 is 0 Å². The van der Waals surface area contributed by atoms with Crippen molar-refractivity contribution >= 4 is 40.1 Å². The molecule has 0 bridgehead atoms. The lowest BCUT2D eigenvalue weighted by Crippen LogP contribution is -2.43. The second-order valence-corrected chi connectivity index (χ2v) is 13.8. The smallest absolute Gasteiger partial charge is 0.142 e. The topological polar surface area (TPSA) is 0 Å². The predicted octanol–water partition coefficient (Wildman–Crippen LogP) is 6.53. The summed E-state index contributed by atoms with van der Waals surface area (Å²) in [5, 5.41) is 4.40. The van der Waals surface area contributed by atoms with E-state index in [4.69, 9.17) is 0 Å². The molecular formula is C17H24S2Si. The Morgan fingerprint density at radius 3 is 2.10 bits per heavy atom. The maximum Gasteiger partial charge on any atom is 0.146 e. The van der Waals surface area contributed by atoms with Gasteiger partial charge in [0.1, 0.15) is 8.07 Å². The van der Waals surface area contributed by atoms with Crippen LogP contribution >= 0.6 is 22.7 Å². The van der Waals surface area contributed by atoms with E-state index < -0.39 is 8.07 Å². The minimum Gasteiger partial charge on any atom is -0.142 e. The normalized spacial score (nSPS) is 12.4. The highest BCUT2D eigenvalue weighted by Crippen LogP contribution is 2.41. The van der Waals surface area contributed by atoms with Gasteiger partial charge < -0.3 is 0 Å². The average Bonchev–Trinajstić information content (AvgIpc) is 2.92. The highest BCUT2D eigenvalue weighted by atomic mass is 32.1. The van der Waals surface area contributed by atoms with Crippen LogP contribution in [0.2, 0.25) is 16.6 Å². The fourth-order valence-corrected chi connectivity index (χ4v) is 10.7. The monoisotopic (exact) mass is 320 g/mol. The van der Waals surface area contributed by atoms with Crippen molar-refractivity contribution in [1.29, 1.82) is 0 Å². The van der Waals surface area contributed by atoms with Gasteiger partial charge in [0.05, 0.1) is 10.3 Å². The van der Waals surface area contributed by atoms with Crippen LogP contribution in [0.3, 0.4) is 0 Å². The van der Waals surface area contributed by atoms with Gasteiger partial charge in [0, 0.05) is 10.1 Å². The van der Waals surface area contributed by atoms with Gasteiger partial charge in [-0.15, -0.1) is 28.2 Å². The van der Waals surface area contributed by atoms with Gasteiger partial charge in [0.15, 0.2) is 0 Å². The van der Waals surface area contributed by atoms with Crippen LogP contribution in [0.15, 0.2) is 16.8 Å². The van der Waals surface area contributed by atoms with Crippen molar-refractivity contribution in [2.45, 2.75) is 58.2 Å². The quantitative estimate of drug-likeness (QED) is 0.445. The lowest BCUT2D eigenvalue weighted by Gasteiger charge is -2.38. The van der Waals surface area contributed by atoms with E-state index in [1.165, 1.54) is 15.0 Å². The lowest BCUT2D eigenvalue weighted by molar-refractivity contribution is 0.838. The van der Waals surface area contributed by atoms with Crippen LogP contribution in [0.25, 0.3) is 9.40 Å². The molecule has 0 amide bonds. The molecule has 0 fully saturated rings. The molecule has 0 aliphatic carbocycles. The van der Waals surface area contributed by atoms with Crippen LogP contribution in [0, 0.1) is 11.5 Å². The molecule has 2 heterocycles. The summed E-state index contributed by atoms with van der Waals surface area (Å²) in [6.45, 7) is 14.2. The summed E-state index contributed by atoms with van der Waals surface area (Å²) in [6, 6.07) is 2.20. The number of hydrogen-bond donors (Lipinski definition) is 0. The van der Waals surface area contributed by atoms with Crippen molar-refractivity contribution in [1.82, 2.24) is 0 Å². The van der Waals surface area contributed by atoms with Gasteiger partial charge in [-0.1, -0.05) is 47.5 Å². The Bertz CT molecular complexity index is 613. The summed E-state index contributed by atoms with van der Waals surface area (Å²) in [6.07, 6.45) is 0. The summed E-state index contributed by atoms with van der Waals surface area (Å²) < 4.78 is 2.76. The first-order chi connectivity index (χ1) is 9.39. The summed E-state index contributed by atoms with van der Waals surface area (Å²) in [4.78, 5) is 0. The predicted molar refractivity (Wildman–Crippen MR) is 97.6 cm³/mol. The van der Waals surface area contributed by atoms with Crippen molar-refractivity contribution in [2.24, 2.45) is 0 Å². The summed E-state index contributed by atoms with van der Waals surface area (Å²) >= 11 is 3.64. The molecule has 108 valence electrons. The Morgan fingerprint density at radius 1 is 0.950 bits per heavy atom. The first-order valence-corrected chi connectivity index (χ1v) is 11.4. The highest BCUT2D eigenvalue weighted by molar-refractivity contribution is 7.26. The van der Waals surface area contributed by atoms with Crippen LogP contribution in [-0.2, 0) is 0 Å². The molecule has 0 N–H and O–H groups in total. The Morgan fingerprint density at radius 2 is 1.55 bits per heavy atom. The molecule has 0 aliphatic rings. The standard InChI is InChI=1S/C17H24S2Si/c1-12(2)20(13(3)4,14(5)6)10-8-15-11-19-16-7-9-18-17(15)16/h7,9,11-14H,1-6H3. The van der Waals surface area contributed by atoms with Gasteiger partial charge in [-0.2, -0.15) is 0 Å². The molecule has 0 radical (unpaired) electrons. The molecule has 0 spiro atoms. The van der Waals surface area contributed by atoms with E-state index in [9.17, 15) is 0 Å². The zero-order valence-electron chi connectivity index (χ0n) is 13.3. The summed E-state index contributed by atoms with van der Waals surface area (Å²) in [7, 11) is -1.60. The Kier molecular flexibility index (Phi) is 4.79. The van der Waals surface area contributed by atoms with E-state index in [0.29, 0.717) is 16.6 Å². The molecule has 0 unspecified atom stereocenters. The van der Waals surface area contributed by atoms with Crippen LogP contribution in [0.4, 0.5) is 0 Å². The first-order valence-electron chi connectivity index (χ1n) is 7.37. The molecule has 0 nitrogen and oxygen atoms in total. The molecule has 2 aromatic rings. The molecule has 2 aromatic heterocycles. The molecule has 3 heteroatoms. The third-order valence-corrected chi connectivity index (χ3v) is 12.8. The second kappa shape index (κ2) is 6.05. The molecule has 0 saturated heterocycles.